The lowest BCUT2D eigenvalue weighted by Crippen LogP contribution is -2.13. The van der Waals surface area contributed by atoms with Crippen molar-refractivity contribution in [2.24, 2.45) is 0 Å². The minimum Gasteiger partial charge on any atom is -0.396 e. The van der Waals surface area contributed by atoms with E-state index >= 15 is 0 Å². The Bertz CT molecular complexity index is 1390. The fourth-order valence-corrected chi connectivity index (χ4v) is 4.04. The molecule has 0 atom stereocenters. The molecule has 0 aliphatic heterocycles. The van der Waals surface area contributed by atoms with Gasteiger partial charge in [-0.25, -0.2) is 13.8 Å². The highest BCUT2D eigenvalue weighted by atomic mass is 79.9. The standard InChI is InChI=1S/C21H10BrCl2F2N3O2/c22-9-6-10-11(19(30)17-14(25)4-5-15(27)18(17)26)8-29(20(10)28-7-9)21(31)16-12(23)2-1-3-13(16)24/h1-8H,27H2. The third-order valence-electron chi connectivity index (χ3n) is 4.60. The quantitative estimate of drug-likeness (QED) is 0.268. The first-order valence-electron chi connectivity index (χ1n) is 8.64. The SMILES string of the molecule is Nc1ccc(F)c(C(=O)c2cn(C(=O)c3c(Cl)cccc3Cl)c3ncc(Br)cc23)c1F. The van der Waals surface area contributed by atoms with Crippen molar-refractivity contribution in [2.75, 3.05) is 5.73 Å². The number of halogens is 5. The number of nitrogen functional groups attached to an aromatic ring is 1. The molecule has 10 heteroatoms. The number of carbonyl (C=O) groups is 2. The second-order valence-corrected chi connectivity index (χ2v) is 8.22. The third-order valence-corrected chi connectivity index (χ3v) is 5.66. The van der Waals surface area contributed by atoms with Crippen molar-refractivity contribution in [1.82, 2.24) is 9.55 Å². The Morgan fingerprint density at radius 3 is 2.42 bits per heavy atom. The van der Waals surface area contributed by atoms with Crippen LogP contribution >= 0.6 is 39.1 Å². The van der Waals surface area contributed by atoms with Gasteiger partial charge < -0.3 is 5.73 Å². The molecule has 0 saturated carbocycles. The molecule has 0 aliphatic carbocycles. The van der Waals surface area contributed by atoms with Gasteiger partial charge in [0.1, 0.15) is 11.5 Å². The Hall–Kier alpha value is -2.81. The maximum Gasteiger partial charge on any atom is 0.266 e. The summed E-state index contributed by atoms with van der Waals surface area (Å²) in [5, 5.41) is 0.381. The predicted octanol–water partition coefficient (Wildman–Crippen LogP) is 5.89. The first kappa shape index (κ1) is 21.4. The fourth-order valence-electron chi connectivity index (χ4n) is 3.15. The molecule has 2 aromatic carbocycles. The molecule has 0 bridgehead atoms. The second kappa shape index (κ2) is 8.03. The summed E-state index contributed by atoms with van der Waals surface area (Å²) in [5.74, 6) is -3.93. The van der Waals surface area contributed by atoms with Crippen molar-refractivity contribution >= 4 is 67.5 Å². The molecule has 2 N–H and O–H groups in total. The molecule has 31 heavy (non-hydrogen) atoms. The van der Waals surface area contributed by atoms with E-state index in [4.69, 9.17) is 28.9 Å². The fraction of sp³-hybridized carbons (Fsp3) is 0. The highest BCUT2D eigenvalue weighted by molar-refractivity contribution is 9.10. The van der Waals surface area contributed by atoms with E-state index in [2.05, 4.69) is 20.9 Å². The van der Waals surface area contributed by atoms with Crippen LogP contribution in [0.1, 0.15) is 26.3 Å². The number of nitrogens with zero attached hydrogens (tertiary/aromatic N) is 2. The van der Waals surface area contributed by atoms with Crippen LogP contribution in [0.3, 0.4) is 0 Å². The van der Waals surface area contributed by atoms with Gasteiger partial charge >= 0.3 is 0 Å². The smallest absolute Gasteiger partial charge is 0.266 e. The Kier molecular flexibility index (Phi) is 5.55. The molecule has 5 nitrogen and oxygen atoms in total. The van der Waals surface area contributed by atoms with Crippen LogP contribution in [0.2, 0.25) is 10.0 Å². The van der Waals surface area contributed by atoms with Gasteiger partial charge in [0.2, 0.25) is 5.78 Å². The van der Waals surface area contributed by atoms with Gasteiger partial charge in [0.25, 0.3) is 5.91 Å². The van der Waals surface area contributed by atoms with Crippen molar-refractivity contribution in [3.05, 3.63) is 91.6 Å². The second-order valence-electron chi connectivity index (χ2n) is 6.49. The zero-order valence-corrected chi connectivity index (χ0v) is 18.4. The van der Waals surface area contributed by atoms with Crippen molar-refractivity contribution < 1.29 is 18.4 Å². The van der Waals surface area contributed by atoms with E-state index in [-0.39, 0.29) is 37.9 Å². The number of pyridine rings is 1. The average molecular weight is 525 g/mol. The van der Waals surface area contributed by atoms with Gasteiger partial charge in [-0.2, -0.15) is 0 Å². The maximum atomic E-state index is 14.5. The number of hydrogen-bond acceptors (Lipinski definition) is 4. The van der Waals surface area contributed by atoms with Gasteiger partial charge in [-0.3, -0.25) is 14.2 Å². The van der Waals surface area contributed by atoms with Gasteiger partial charge in [-0.15, -0.1) is 0 Å². The highest BCUT2D eigenvalue weighted by Gasteiger charge is 2.27. The lowest BCUT2D eigenvalue weighted by molar-refractivity contribution is 0.0964. The van der Waals surface area contributed by atoms with E-state index in [0.29, 0.717) is 4.47 Å². The van der Waals surface area contributed by atoms with E-state index in [1.807, 2.05) is 0 Å². The van der Waals surface area contributed by atoms with Crippen LogP contribution in [0.5, 0.6) is 0 Å². The van der Waals surface area contributed by atoms with Gasteiger partial charge in [0.15, 0.2) is 5.82 Å². The van der Waals surface area contributed by atoms with Gasteiger partial charge in [-0.05, 0) is 46.3 Å². The van der Waals surface area contributed by atoms with Gasteiger partial charge in [-0.1, -0.05) is 29.3 Å². The molecule has 156 valence electrons. The molecule has 2 aromatic heterocycles. The molecular formula is C21H10BrCl2F2N3O2. The maximum absolute atomic E-state index is 14.5. The normalized spacial score (nSPS) is 11.1. The van der Waals surface area contributed by atoms with Crippen LogP contribution in [0.4, 0.5) is 14.5 Å². The Morgan fingerprint density at radius 1 is 1.06 bits per heavy atom. The summed E-state index contributed by atoms with van der Waals surface area (Å²) in [7, 11) is 0. The summed E-state index contributed by atoms with van der Waals surface area (Å²) in [6.07, 6.45) is 2.56. The molecule has 4 rings (SSSR count). The molecule has 2 heterocycles. The number of ketones is 1. The Balaban J connectivity index is 1.97. The number of benzene rings is 2. The number of carbonyl (C=O) groups excluding carboxylic acids is 2. The summed E-state index contributed by atoms with van der Waals surface area (Å²) in [5.41, 5.74) is 4.21. The van der Waals surface area contributed by atoms with E-state index in [1.165, 1.54) is 24.4 Å². The molecule has 0 unspecified atom stereocenters. The molecule has 4 aromatic rings. The molecular weight excluding hydrogens is 515 g/mol. The Morgan fingerprint density at radius 2 is 1.74 bits per heavy atom. The Labute approximate surface area is 192 Å². The highest BCUT2D eigenvalue weighted by Crippen LogP contribution is 2.31. The number of rotatable bonds is 3. The summed E-state index contributed by atoms with van der Waals surface area (Å²) >= 11 is 15.5. The number of hydrogen-bond donors (Lipinski definition) is 1. The summed E-state index contributed by atoms with van der Waals surface area (Å²) in [4.78, 5) is 30.5. The van der Waals surface area contributed by atoms with Crippen LogP contribution in [0, 0.1) is 11.6 Å². The molecule has 0 saturated heterocycles. The monoisotopic (exact) mass is 523 g/mol. The topological polar surface area (TPSA) is 78.0 Å². The minimum atomic E-state index is -1.19. The van der Waals surface area contributed by atoms with Gasteiger partial charge in [0, 0.05) is 22.3 Å². The molecule has 0 aliphatic rings. The first-order chi connectivity index (χ1) is 14.7. The minimum absolute atomic E-state index is 0.00670. The van der Waals surface area contributed by atoms with Crippen molar-refractivity contribution in [3.63, 3.8) is 0 Å². The van der Waals surface area contributed by atoms with E-state index in [1.54, 1.807) is 6.07 Å². The molecule has 0 fully saturated rings. The average Bonchev–Trinajstić information content (AvgIpc) is 3.09. The van der Waals surface area contributed by atoms with Crippen molar-refractivity contribution in [2.45, 2.75) is 0 Å². The number of anilines is 1. The number of nitrogens with two attached hydrogens (primary N) is 1. The van der Waals surface area contributed by atoms with E-state index in [0.717, 1.165) is 22.9 Å². The third kappa shape index (κ3) is 3.60. The zero-order chi connectivity index (χ0) is 22.4. The number of aromatic nitrogens is 2. The van der Waals surface area contributed by atoms with Crippen LogP contribution in [0.15, 0.2) is 53.3 Å². The lowest BCUT2D eigenvalue weighted by atomic mass is 10.0. The van der Waals surface area contributed by atoms with Gasteiger partial charge in [0.05, 0.1) is 32.4 Å². The van der Waals surface area contributed by atoms with Crippen molar-refractivity contribution in [1.29, 1.82) is 0 Å². The largest absolute Gasteiger partial charge is 0.396 e. The van der Waals surface area contributed by atoms with Crippen LogP contribution in [-0.2, 0) is 0 Å². The first-order valence-corrected chi connectivity index (χ1v) is 10.2. The van der Waals surface area contributed by atoms with Crippen LogP contribution in [-0.4, -0.2) is 21.2 Å². The zero-order valence-electron chi connectivity index (χ0n) is 15.3. The molecule has 0 spiro atoms. The summed E-state index contributed by atoms with van der Waals surface area (Å²) < 4.78 is 30.4. The van der Waals surface area contributed by atoms with Crippen LogP contribution in [0.25, 0.3) is 11.0 Å². The van der Waals surface area contributed by atoms with E-state index < -0.39 is 28.9 Å². The summed E-state index contributed by atoms with van der Waals surface area (Å²) in [6, 6.07) is 7.97. The summed E-state index contributed by atoms with van der Waals surface area (Å²) in [6.45, 7) is 0. The number of fused-ring (bicyclic) bond motifs is 1. The molecule has 0 radical (unpaired) electrons. The molecule has 0 amide bonds. The predicted molar refractivity (Wildman–Crippen MR) is 118 cm³/mol. The van der Waals surface area contributed by atoms with Crippen LogP contribution < -0.4 is 5.73 Å². The lowest BCUT2D eigenvalue weighted by Gasteiger charge is -2.07. The van der Waals surface area contributed by atoms with Crippen molar-refractivity contribution in [3.8, 4) is 0 Å². The van der Waals surface area contributed by atoms with E-state index in [9.17, 15) is 18.4 Å².